The Morgan fingerprint density at radius 2 is 2.31 bits per heavy atom. The Kier molecular flexibility index (Phi) is 2.36. The van der Waals surface area contributed by atoms with E-state index >= 15 is 0 Å². The highest BCUT2D eigenvalue weighted by atomic mass is 16.6. The third-order valence-corrected chi connectivity index (χ3v) is 2.01. The number of fused-ring (bicyclic) bond motifs is 1. The number of nitrogens with one attached hydrogen (secondary N) is 1. The zero-order valence-electron chi connectivity index (χ0n) is 7.93. The van der Waals surface area contributed by atoms with Crippen LogP contribution in [0.25, 0.3) is 10.9 Å². The zero-order valence-corrected chi connectivity index (χ0v) is 7.93. The second-order valence-corrected chi connectivity index (χ2v) is 2.94. The molecular formula is C10H5N3O3. The normalized spacial score (nSPS) is 9.50. The first-order chi connectivity index (χ1) is 7.72. The van der Waals surface area contributed by atoms with Crippen molar-refractivity contribution in [2.24, 2.45) is 0 Å². The molecule has 0 unspecified atom stereocenters. The summed E-state index contributed by atoms with van der Waals surface area (Å²) in [6.45, 7) is 0. The van der Waals surface area contributed by atoms with E-state index in [1.165, 1.54) is 12.1 Å². The summed E-state index contributed by atoms with van der Waals surface area (Å²) in [6, 6.07) is 4.26. The van der Waals surface area contributed by atoms with Crippen molar-refractivity contribution >= 4 is 22.9 Å². The summed E-state index contributed by atoms with van der Waals surface area (Å²) >= 11 is 0. The summed E-state index contributed by atoms with van der Waals surface area (Å²) in [5.41, 5.74) is 0.885. The molecule has 0 aliphatic carbocycles. The van der Waals surface area contributed by atoms with Crippen LogP contribution in [0.1, 0.15) is 5.69 Å². The quantitative estimate of drug-likeness (QED) is 0.333. The third-order valence-electron chi connectivity index (χ3n) is 2.01. The molecular weight excluding hydrogens is 210 g/mol. The maximum atomic E-state index is 10.5. The molecule has 0 fully saturated rings. The Morgan fingerprint density at radius 3 is 3.00 bits per heavy atom. The van der Waals surface area contributed by atoms with Crippen LogP contribution in [-0.2, 0) is 4.79 Å². The Bertz CT molecular complexity index is 634. The molecule has 0 aliphatic rings. The van der Waals surface area contributed by atoms with Gasteiger partial charge in [-0.3, -0.25) is 20.0 Å². The van der Waals surface area contributed by atoms with Gasteiger partial charge in [0.2, 0.25) is 0 Å². The number of carbonyl (C=O) groups excluding carboxylic acids is 1. The number of rotatable bonds is 1. The minimum atomic E-state index is -0.495. The maximum Gasteiger partial charge on any atom is 0.271 e. The van der Waals surface area contributed by atoms with E-state index in [1.807, 2.05) is 0 Å². The average Bonchev–Trinajstić information content (AvgIpc) is 2.68. The molecule has 0 radical (unpaired) electrons. The summed E-state index contributed by atoms with van der Waals surface area (Å²) in [4.78, 5) is 20.1. The Labute approximate surface area is 89.4 Å². The van der Waals surface area contributed by atoms with E-state index in [1.54, 1.807) is 6.07 Å². The number of aromatic nitrogens is 2. The van der Waals surface area contributed by atoms with E-state index in [9.17, 15) is 14.9 Å². The SMILES string of the molecule is O=CC#Cc1[nH]nc2cc([N+](=O)[O-])ccc12. The number of hydrogen-bond donors (Lipinski definition) is 1. The Balaban J connectivity index is 2.58. The van der Waals surface area contributed by atoms with Gasteiger partial charge in [0.15, 0.2) is 6.29 Å². The number of aromatic amines is 1. The fourth-order valence-corrected chi connectivity index (χ4v) is 1.31. The largest absolute Gasteiger partial charge is 0.289 e. The lowest BCUT2D eigenvalue weighted by atomic mass is 10.2. The fourth-order valence-electron chi connectivity index (χ4n) is 1.31. The summed E-state index contributed by atoms with van der Waals surface area (Å²) in [6.07, 6.45) is 0.470. The van der Waals surface area contributed by atoms with Crippen molar-refractivity contribution in [1.82, 2.24) is 10.2 Å². The first-order valence-electron chi connectivity index (χ1n) is 4.30. The van der Waals surface area contributed by atoms with Crippen LogP contribution in [0.3, 0.4) is 0 Å². The van der Waals surface area contributed by atoms with Crippen molar-refractivity contribution < 1.29 is 9.72 Å². The molecule has 6 nitrogen and oxygen atoms in total. The molecule has 1 heterocycles. The molecule has 1 aromatic heterocycles. The van der Waals surface area contributed by atoms with Crippen molar-refractivity contribution in [1.29, 1.82) is 0 Å². The second kappa shape index (κ2) is 3.82. The average molecular weight is 215 g/mol. The van der Waals surface area contributed by atoms with Crippen molar-refractivity contribution in [3.05, 3.63) is 34.0 Å². The molecule has 0 bridgehead atoms. The standard InChI is InChI=1S/C10H5N3O3/c14-5-1-2-9-8-4-3-7(13(15)16)6-10(8)12-11-9/h3-6H,(H,11,12). The molecule has 1 aromatic carbocycles. The van der Waals surface area contributed by atoms with Crippen LogP contribution < -0.4 is 0 Å². The Hall–Kier alpha value is -2.68. The van der Waals surface area contributed by atoms with E-state index in [0.717, 1.165) is 0 Å². The molecule has 2 aromatic rings. The molecule has 0 aliphatic heterocycles. The van der Waals surface area contributed by atoms with Crippen molar-refractivity contribution in [3.8, 4) is 11.8 Å². The molecule has 6 heteroatoms. The van der Waals surface area contributed by atoms with Crippen molar-refractivity contribution in [3.63, 3.8) is 0 Å². The number of nitrogens with zero attached hydrogens (tertiary/aromatic N) is 2. The third kappa shape index (κ3) is 1.62. The van der Waals surface area contributed by atoms with Gasteiger partial charge in [-0.05, 0) is 17.9 Å². The predicted octanol–water partition coefficient (Wildman–Crippen LogP) is 1.02. The number of hydrogen-bond acceptors (Lipinski definition) is 4. The molecule has 0 saturated carbocycles. The monoisotopic (exact) mass is 215 g/mol. The smallest absolute Gasteiger partial charge is 0.271 e. The fraction of sp³-hybridized carbons (Fsp3) is 0. The van der Waals surface area contributed by atoms with Crippen LogP contribution in [-0.4, -0.2) is 21.4 Å². The van der Waals surface area contributed by atoms with Gasteiger partial charge in [0, 0.05) is 17.5 Å². The van der Waals surface area contributed by atoms with Crippen LogP contribution in [0.4, 0.5) is 5.69 Å². The summed E-state index contributed by atoms with van der Waals surface area (Å²) < 4.78 is 0. The van der Waals surface area contributed by atoms with Crippen LogP contribution >= 0.6 is 0 Å². The molecule has 16 heavy (non-hydrogen) atoms. The summed E-state index contributed by atoms with van der Waals surface area (Å²) in [5.74, 6) is 4.80. The predicted molar refractivity (Wildman–Crippen MR) is 55.7 cm³/mol. The summed E-state index contributed by atoms with van der Waals surface area (Å²) in [5, 5.41) is 17.6. The molecule has 0 spiro atoms. The number of carbonyl (C=O) groups is 1. The minimum Gasteiger partial charge on any atom is -0.289 e. The van der Waals surface area contributed by atoms with Crippen molar-refractivity contribution in [2.75, 3.05) is 0 Å². The summed E-state index contributed by atoms with van der Waals surface area (Å²) in [7, 11) is 0. The lowest BCUT2D eigenvalue weighted by Gasteiger charge is -1.90. The first-order valence-corrected chi connectivity index (χ1v) is 4.30. The molecule has 0 amide bonds. The van der Waals surface area contributed by atoms with Crippen LogP contribution in [0.2, 0.25) is 0 Å². The topological polar surface area (TPSA) is 88.9 Å². The van der Waals surface area contributed by atoms with E-state index in [0.29, 0.717) is 22.9 Å². The van der Waals surface area contributed by atoms with Gasteiger partial charge in [-0.15, -0.1) is 0 Å². The number of nitro groups is 1. The van der Waals surface area contributed by atoms with Crippen molar-refractivity contribution in [2.45, 2.75) is 0 Å². The number of benzene rings is 1. The maximum absolute atomic E-state index is 10.5. The van der Waals surface area contributed by atoms with Crippen LogP contribution in [0.15, 0.2) is 18.2 Å². The molecule has 2 rings (SSSR count). The van der Waals surface area contributed by atoms with Crippen LogP contribution in [0.5, 0.6) is 0 Å². The highest BCUT2D eigenvalue weighted by molar-refractivity contribution is 5.87. The zero-order chi connectivity index (χ0) is 11.5. The molecule has 0 saturated heterocycles. The van der Waals surface area contributed by atoms with Gasteiger partial charge in [0.25, 0.3) is 5.69 Å². The van der Waals surface area contributed by atoms with Gasteiger partial charge >= 0.3 is 0 Å². The Morgan fingerprint density at radius 1 is 1.50 bits per heavy atom. The highest BCUT2D eigenvalue weighted by Crippen LogP contribution is 2.20. The van der Waals surface area contributed by atoms with Gasteiger partial charge in [0.05, 0.1) is 4.92 Å². The molecule has 1 N–H and O–H groups in total. The van der Waals surface area contributed by atoms with E-state index in [2.05, 4.69) is 22.0 Å². The van der Waals surface area contributed by atoms with E-state index < -0.39 is 4.92 Å². The number of H-pyrrole nitrogens is 1. The first kappa shape index (κ1) is 9.86. The molecule has 78 valence electrons. The second-order valence-electron chi connectivity index (χ2n) is 2.94. The minimum absolute atomic E-state index is 0.0334. The van der Waals surface area contributed by atoms with E-state index in [4.69, 9.17) is 0 Å². The highest BCUT2D eigenvalue weighted by Gasteiger charge is 2.09. The van der Waals surface area contributed by atoms with Crippen LogP contribution in [0, 0.1) is 22.0 Å². The van der Waals surface area contributed by atoms with Gasteiger partial charge in [-0.25, -0.2) is 0 Å². The van der Waals surface area contributed by atoms with Gasteiger partial charge < -0.3 is 0 Å². The van der Waals surface area contributed by atoms with E-state index in [-0.39, 0.29) is 5.69 Å². The van der Waals surface area contributed by atoms with Gasteiger partial charge in [0.1, 0.15) is 11.2 Å². The lowest BCUT2D eigenvalue weighted by molar-refractivity contribution is -0.384. The van der Waals surface area contributed by atoms with Gasteiger partial charge in [-0.1, -0.05) is 0 Å². The molecule has 0 atom stereocenters. The number of non-ortho nitro benzene ring substituents is 1. The number of aldehydes is 1. The lowest BCUT2D eigenvalue weighted by Crippen LogP contribution is -1.86. The number of nitro benzene ring substituents is 1. The van der Waals surface area contributed by atoms with Gasteiger partial charge in [-0.2, -0.15) is 5.10 Å².